The van der Waals surface area contributed by atoms with Crippen LogP contribution in [-0.2, 0) is 6.42 Å². The highest BCUT2D eigenvalue weighted by Gasteiger charge is 2.24. The molecule has 0 saturated carbocycles. The van der Waals surface area contributed by atoms with E-state index in [0.717, 1.165) is 15.6 Å². The fraction of sp³-hybridized carbons (Fsp3) is 0.111. The van der Waals surface area contributed by atoms with Gasteiger partial charge in [0.2, 0.25) is 0 Å². The molecule has 0 fully saturated rings. The zero-order valence-corrected chi connectivity index (χ0v) is 14.1. The van der Waals surface area contributed by atoms with Gasteiger partial charge in [-0.25, -0.2) is 4.98 Å². The van der Waals surface area contributed by atoms with Crippen LogP contribution in [0.4, 0.5) is 0 Å². The summed E-state index contributed by atoms with van der Waals surface area (Å²) in [4.78, 5) is 17.0. The van der Waals surface area contributed by atoms with Crippen molar-refractivity contribution in [1.82, 2.24) is 4.98 Å². The number of halogens is 1. The topological polar surface area (TPSA) is 30.0 Å². The van der Waals surface area contributed by atoms with E-state index < -0.39 is 0 Å². The Morgan fingerprint density at radius 1 is 1.27 bits per heavy atom. The number of aromatic nitrogens is 1. The van der Waals surface area contributed by atoms with E-state index in [1.165, 1.54) is 11.3 Å². The standard InChI is InChI=1S/C18H13BrNOS/c19-15-8-4-5-13(11-15)12-16(14-6-2-1-3-7-14)17(21)18-20-9-10-22-18/h1-7,9-11,16H,12H2. The lowest BCUT2D eigenvalue weighted by atomic mass is 9.88. The van der Waals surface area contributed by atoms with E-state index in [0.29, 0.717) is 11.4 Å². The average molecular weight is 371 g/mol. The quantitative estimate of drug-likeness (QED) is 0.596. The van der Waals surface area contributed by atoms with Crippen LogP contribution in [0.1, 0.15) is 26.8 Å². The molecule has 1 heterocycles. The van der Waals surface area contributed by atoms with E-state index in [1.54, 1.807) is 6.20 Å². The van der Waals surface area contributed by atoms with Crippen molar-refractivity contribution in [2.75, 3.05) is 0 Å². The second-order valence-electron chi connectivity index (χ2n) is 4.91. The van der Waals surface area contributed by atoms with Gasteiger partial charge in [-0.2, -0.15) is 0 Å². The van der Waals surface area contributed by atoms with Crippen LogP contribution in [0.5, 0.6) is 0 Å². The van der Waals surface area contributed by atoms with Gasteiger partial charge in [0.05, 0.1) is 5.92 Å². The highest BCUT2D eigenvalue weighted by Crippen LogP contribution is 2.27. The molecule has 1 unspecified atom stereocenters. The van der Waals surface area contributed by atoms with Gasteiger partial charge in [0, 0.05) is 16.0 Å². The third-order valence-electron chi connectivity index (χ3n) is 3.43. The van der Waals surface area contributed by atoms with Gasteiger partial charge in [0.1, 0.15) is 0 Å². The average Bonchev–Trinajstić information content (AvgIpc) is 3.07. The molecule has 0 spiro atoms. The van der Waals surface area contributed by atoms with E-state index in [1.807, 2.05) is 53.9 Å². The Hall–Kier alpha value is -1.78. The van der Waals surface area contributed by atoms with Gasteiger partial charge in [-0.15, -0.1) is 11.3 Å². The van der Waals surface area contributed by atoms with E-state index in [-0.39, 0.29) is 11.7 Å². The zero-order valence-electron chi connectivity index (χ0n) is 11.7. The molecule has 2 nitrogen and oxygen atoms in total. The molecule has 0 saturated heterocycles. The number of rotatable bonds is 5. The number of nitrogens with zero attached hydrogens (tertiary/aromatic N) is 1. The van der Waals surface area contributed by atoms with Crippen LogP contribution in [0.3, 0.4) is 0 Å². The monoisotopic (exact) mass is 370 g/mol. The lowest BCUT2D eigenvalue weighted by Crippen LogP contribution is -2.15. The molecule has 109 valence electrons. The summed E-state index contributed by atoms with van der Waals surface area (Å²) in [5.74, 6) is -0.146. The largest absolute Gasteiger partial charge is 0.291 e. The van der Waals surface area contributed by atoms with Gasteiger partial charge in [-0.3, -0.25) is 4.79 Å². The third-order valence-corrected chi connectivity index (χ3v) is 4.68. The number of hydrogen-bond donors (Lipinski definition) is 0. The maximum Gasteiger partial charge on any atom is 0.199 e. The predicted molar refractivity (Wildman–Crippen MR) is 92.3 cm³/mol. The number of hydrogen-bond acceptors (Lipinski definition) is 3. The van der Waals surface area contributed by atoms with Crippen LogP contribution < -0.4 is 0 Å². The van der Waals surface area contributed by atoms with Crippen LogP contribution >= 0.6 is 27.3 Å². The molecule has 3 rings (SSSR count). The van der Waals surface area contributed by atoms with Crippen LogP contribution in [0.15, 0.2) is 64.6 Å². The van der Waals surface area contributed by atoms with Crippen molar-refractivity contribution in [3.8, 4) is 0 Å². The minimum absolute atomic E-state index is 0.0742. The van der Waals surface area contributed by atoms with E-state index in [2.05, 4.69) is 27.0 Å². The highest BCUT2D eigenvalue weighted by molar-refractivity contribution is 9.10. The molecular formula is C18H13BrNOS. The van der Waals surface area contributed by atoms with Crippen LogP contribution in [0.2, 0.25) is 0 Å². The smallest absolute Gasteiger partial charge is 0.199 e. The molecule has 0 amide bonds. The Morgan fingerprint density at radius 2 is 2.09 bits per heavy atom. The summed E-state index contributed by atoms with van der Waals surface area (Å²) >= 11 is 4.82. The highest BCUT2D eigenvalue weighted by atomic mass is 79.9. The molecule has 1 atom stereocenters. The summed E-state index contributed by atoms with van der Waals surface area (Å²) in [6, 6.07) is 18.8. The van der Waals surface area contributed by atoms with Gasteiger partial charge in [0.25, 0.3) is 0 Å². The summed E-state index contributed by atoms with van der Waals surface area (Å²) in [5.41, 5.74) is 2.12. The van der Waals surface area contributed by atoms with Gasteiger partial charge in [-0.1, -0.05) is 58.4 Å². The van der Waals surface area contributed by atoms with Crippen LogP contribution in [0, 0.1) is 6.07 Å². The summed E-state index contributed by atoms with van der Waals surface area (Å²) in [7, 11) is 0. The summed E-state index contributed by atoms with van der Waals surface area (Å²) < 4.78 is 0.901. The summed E-state index contributed by atoms with van der Waals surface area (Å²) in [5, 5.41) is 2.40. The number of benzene rings is 2. The Morgan fingerprint density at radius 3 is 2.77 bits per heavy atom. The first-order valence-electron chi connectivity index (χ1n) is 6.89. The Kier molecular flexibility index (Phi) is 4.80. The van der Waals surface area contributed by atoms with Crippen LogP contribution in [0.25, 0.3) is 0 Å². The third kappa shape index (κ3) is 3.51. The fourth-order valence-corrected chi connectivity index (χ4v) is 3.44. The number of carbonyl (C=O) groups is 1. The Labute approximate surface area is 142 Å². The summed E-state index contributed by atoms with van der Waals surface area (Å²) in [6.07, 6.45) is 2.32. The fourth-order valence-electron chi connectivity index (χ4n) is 2.38. The number of Topliss-reactive ketones (excluding diaryl/α,β-unsaturated/α-hetero) is 1. The van der Waals surface area contributed by atoms with Crippen molar-refractivity contribution < 1.29 is 4.79 Å². The van der Waals surface area contributed by atoms with E-state index in [4.69, 9.17) is 0 Å². The van der Waals surface area contributed by atoms with Crippen molar-refractivity contribution in [2.24, 2.45) is 0 Å². The molecular weight excluding hydrogens is 358 g/mol. The molecule has 22 heavy (non-hydrogen) atoms. The molecule has 0 bridgehead atoms. The predicted octanol–water partition coefficient (Wildman–Crippen LogP) is 4.91. The maximum atomic E-state index is 12.8. The molecule has 1 radical (unpaired) electrons. The van der Waals surface area contributed by atoms with E-state index in [9.17, 15) is 4.79 Å². The SMILES string of the molecule is O=C(c1nccs1)C(Cc1cc[c]c(Br)c1)c1ccccc1. The first-order chi connectivity index (χ1) is 10.7. The lowest BCUT2D eigenvalue weighted by molar-refractivity contribution is 0.0958. The van der Waals surface area contributed by atoms with Crippen LogP contribution in [-0.4, -0.2) is 10.8 Å². The molecule has 0 N–H and O–H groups in total. The molecule has 0 aliphatic rings. The van der Waals surface area contributed by atoms with Gasteiger partial charge < -0.3 is 0 Å². The molecule has 2 aromatic carbocycles. The Bertz CT molecular complexity index is 756. The van der Waals surface area contributed by atoms with Crippen molar-refractivity contribution >= 4 is 33.0 Å². The minimum Gasteiger partial charge on any atom is -0.291 e. The number of ketones is 1. The van der Waals surface area contributed by atoms with Crippen molar-refractivity contribution in [3.63, 3.8) is 0 Å². The minimum atomic E-state index is -0.221. The van der Waals surface area contributed by atoms with E-state index >= 15 is 0 Å². The molecule has 4 heteroatoms. The number of carbonyl (C=O) groups excluding carboxylic acids is 1. The first-order valence-corrected chi connectivity index (χ1v) is 8.56. The van der Waals surface area contributed by atoms with Gasteiger partial charge >= 0.3 is 0 Å². The molecule has 0 aliphatic carbocycles. The molecule has 1 aromatic heterocycles. The molecule has 3 aromatic rings. The van der Waals surface area contributed by atoms with Crippen molar-refractivity contribution in [2.45, 2.75) is 12.3 Å². The summed E-state index contributed by atoms with van der Waals surface area (Å²) in [6.45, 7) is 0. The second-order valence-corrected chi connectivity index (χ2v) is 6.66. The van der Waals surface area contributed by atoms with Gasteiger partial charge in [0.15, 0.2) is 10.8 Å². The molecule has 0 aliphatic heterocycles. The first kappa shape index (κ1) is 15.1. The Balaban J connectivity index is 1.94. The zero-order chi connectivity index (χ0) is 15.4. The van der Waals surface area contributed by atoms with Crippen molar-refractivity contribution in [3.05, 3.63) is 86.8 Å². The normalized spacial score (nSPS) is 12.0. The van der Waals surface area contributed by atoms with Gasteiger partial charge in [-0.05, 0) is 29.7 Å². The lowest BCUT2D eigenvalue weighted by Gasteiger charge is -2.15. The number of thiazole rings is 1. The van der Waals surface area contributed by atoms with Crippen molar-refractivity contribution in [1.29, 1.82) is 0 Å². The maximum absolute atomic E-state index is 12.8. The second kappa shape index (κ2) is 6.99.